The molecule has 0 atom stereocenters. The first kappa shape index (κ1) is 28.7. The van der Waals surface area contributed by atoms with E-state index < -0.39 is 0 Å². The van der Waals surface area contributed by atoms with Crippen LogP contribution in [0.1, 0.15) is 11.1 Å². The fraction of sp³-hybridized carbons (Fsp3) is 0.0455. The summed E-state index contributed by atoms with van der Waals surface area (Å²) >= 11 is 0. The normalized spacial score (nSPS) is 11.6. The quantitative estimate of drug-likeness (QED) is 0.168. The highest BCUT2D eigenvalue weighted by Crippen LogP contribution is 2.42. The molecule has 7 aromatic carbocycles. The molecule has 7 aromatic rings. The van der Waals surface area contributed by atoms with E-state index in [4.69, 9.17) is 0 Å². The molecule has 3 heteroatoms. The average Bonchev–Trinajstić information content (AvgIpc) is 3.42. The lowest BCUT2D eigenvalue weighted by Gasteiger charge is -2.28. The molecule has 0 aromatic heterocycles. The number of rotatable bonds is 7. The van der Waals surface area contributed by atoms with E-state index in [-0.39, 0.29) is 6.71 Å². The number of aryl methyl sites for hydroxylation is 2. The molecule has 0 radical (unpaired) electrons. The third-order valence-corrected chi connectivity index (χ3v) is 9.32. The van der Waals surface area contributed by atoms with Crippen molar-refractivity contribution >= 4 is 57.2 Å². The molecule has 8 rings (SSSR count). The van der Waals surface area contributed by atoms with Gasteiger partial charge in [0.15, 0.2) is 0 Å². The summed E-state index contributed by atoms with van der Waals surface area (Å²) < 4.78 is 0. The zero-order valence-electron chi connectivity index (χ0n) is 26.7. The first-order valence-electron chi connectivity index (χ1n) is 16.3. The Bertz CT molecular complexity index is 1930. The number of anilines is 6. The van der Waals surface area contributed by atoms with Gasteiger partial charge in [-0.3, -0.25) is 0 Å². The molecule has 1 aliphatic heterocycles. The van der Waals surface area contributed by atoms with Crippen LogP contribution in [0.2, 0.25) is 0 Å². The molecular weight excluding hydrogens is 567 g/mol. The highest BCUT2D eigenvalue weighted by Gasteiger charge is 2.36. The number of benzene rings is 7. The van der Waals surface area contributed by atoms with Crippen LogP contribution in [-0.2, 0) is 0 Å². The van der Waals surface area contributed by atoms with Gasteiger partial charge in [-0.1, -0.05) is 132 Å². The molecule has 2 nitrogen and oxygen atoms in total. The van der Waals surface area contributed by atoms with E-state index in [9.17, 15) is 0 Å². The fourth-order valence-corrected chi connectivity index (χ4v) is 7.20. The Kier molecular flexibility index (Phi) is 7.43. The van der Waals surface area contributed by atoms with Gasteiger partial charge in [-0.05, 0) is 96.8 Å². The van der Waals surface area contributed by atoms with E-state index in [0.29, 0.717) is 0 Å². The summed E-state index contributed by atoms with van der Waals surface area (Å²) in [7, 11) is 0. The molecule has 0 N–H and O–H groups in total. The van der Waals surface area contributed by atoms with Crippen molar-refractivity contribution in [2.45, 2.75) is 13.8 Å². The standard InChI is InChI=1S/C44H35BN2/c1-32-28-41-39(30-43(32)46(35-20-10-4-11-21-35)36-22-12-5-13-23-36)40-31-44(33(2)29-42(40)45(41)34-18-8-3-9-19-34)47(37-24-14-6-15-25-37)38-26-16-7-17-27-38/h3-31H,1-2H3. The number of fused-ring (bicyclic) bond motifs is 3. The Morgan fingerprint density at radius 1 is 0.362 bits per heavy atom. The third-order valence-electron chi connectivity index (χ3n) is 9.32. The van der Waals surface area contributed by atoms with E-state index in [1.54, 1.807) is 0 Å². The monoisotopic (exact) mass is 602 g/mol. The summed E-state index contributed by atoms with van der Waals surface area (Å²) in [6.07, 6.45) is 0. The Labute approximate surface area is 278 Å². The van der Waals surface area contributed by atoms with Crippen LogP contribution in [0.4, 0.5) is 34.1 Å². The molecular formula is C44H35BN2. The second kappa shape index (κ2) is 12.2. The second-order valence-electron chi connectivity index (χ2n) is 12.3. The Balaban J connectivity index is 1.38. The Morgan fingerprint density at radius 2 is 0.660 bits per heavy atom. The molecule has 1 aliphatic rings. The van der Waals surface area contributed by atoms with E-state index in [2.05, 4.69) is 200 Å². The van der Waals surface area contributed by atoms with Gasteiger partial charge in [0, 0.05) is 34.1 Å². The first-order valence-corrected chi connectivity index (χ1v) is 16.3. The molecule has 0 amide bonds. The zero-order chi connectivity index (χ0) is 31.7. The van der Waals surface area contributed by atoms with Crippen molar-refractivity contribution < 1.29 is 0 Å². The SMILES string of the molecule is Cc1cc2c(cc1N(c1ccccc1)c1ccccc1)-c1cc(N(c3ccccc3)c3ccccc3)c(C)cc1B2c1ccccc1. The van der Waals surface area contributed by atoms with Gasteiger partial charge < -0.3 is 9.80 Å². The van der Waals surface area contributed by atoms with Crippen LogP contribution in [0, 0.1) is 13.8 Å². The number of hydrogen-bond donors (Lipinski definition) is 0. The summed E-state index contributed by atoms with van der Waals surface area (Å²) in [5.74, 6) is 0. The Morgan fingerprint density at radius 3 is 0.979 bits per heavy atom. The molecule has 224 valence electrons. The Hall–Kier alpha value is -5.80. The van der Waals surface area contributed by atoms with Gasteiger partial charge in [0.05, 0.1) is 0 Å². The zero-order valence-corrected chi connectivity index (χ0v) is 26.7. The molecule has 47 heavy (non-hydrogen) atoms. The molecule has 0 saturated heterocycles. The van der Waals surface area contributed by atoms with Crippen LogP contribution in [0.3, 0.4) is 0 Å². The molecule has 0 fully saturated rings. The smallest absolute Gasteiger partial charge is 0.242 e. The lowest BCUT2D eigenvalue weighted by atomic mass is 9.39. The van der Waals surface area contributed by atoms with Crippen LogP contribution < -0.4 is 26.2 Å². The van der Waals surface area contributed by atoms with Crippen molar-refractivity contribution in [3.05, 3.63) is 187 Å². The summed E-state index contributed by atoms with van der Waals surface area (Å²) in [6.45, 7) is 4.66. The molecule has 0 spiro atoms. The largest absolute Gasteiger partial charge is 0.310 e. The maximum absolute atomic E-state index is 2.43. The van der Waals surface area contributed by atoms with Gasteiger partial charge in [-0.25, -0.2) is 0 Å². The van der Waals surface area contributed by atoms with E-state index in [0.717, 1.165) is 22.7 Å². The maximum Gasteiger partial charge on any atom is 0.242 e. The van der Waals surface area contributed by atoms with Gasteiger partial charge in [-0.2, -0.15) is 0 Å². The summed E-state index contributed by atoms with van der Waals surface area (Å²) in [5.41, 5.74) is 16.0. The van der Waals surface area contributed by atoms with Crippen LogP contribution in [-0.4, -0.2) is 6.71 Å². The molecule has 1 heterocycles. The minimum Gasteiger partial charge on any atom is -0.310 e. The average molecular weight is 603 g/mol. The summed E-state index contributed by atoms with van der Waals surface area (Å²) in [6, 6.07) is 63.5. The molecule has 0 bridgehead atoms. The number of nitrogens with zero attached hydrogens (tertiary/aromatic N) is 2. The second-order valence-corrected chi connectivity index (χ2v) is 12.3. The van der Waals surface area contributed by atoms with Crippen LogP contribution in [0.15, 0.2) is 176 Å². The van der Waals surface area contributed by atoms with Gasteiger partial charge in [0.1, 0.15) is 0 Å². The van der Waals surface area contributed by atoms with Crippen molar-refractivity contribution in [2.75, 3.05) is 9.80 Å². The summed E-state index contributed by atoms with van der Waals surface area (Å²) in [5, 5.41) is 0. The lowest BCUT2D eigenvalue weighted by molar-refractivity contribution is 1.25. The molecule has 0 aliphatic carbocycles. The minimum absolute atomic E-state index is 0.158. The van der Waals surface area contributed by atoms with E-state index in [1.165, 1.54) is 50.0 Å². The predicted octanol–water partition coefficient (Wildman–Crippen LogP) is 9.74. The summed E-state index contributed by atoms with van der Waals surface area (Å²) in [4.78, 5) is 4.78. The minimum atomic E-state index is 0.158. The van der Waals surface area contributed by atoms with Crippen LogP contribution >= 0.6 is 0 Å². The maximum atomic E-state index is 2.43. The van der Waals surface area contributed by atoms with Gasteiger partial charge in [0.25, 0.3) is 0 Å². The van der Waals surface area contributed by atoms with E-state index in [1.807, 2.05) is 0 Å². The van der Waals surface area contributed by atoms with Crippen molar-refractivity contribution in [1.82, 2.24) is 0 Å². The van der Waals surface area contributed by atoms with Crippen LogP contribution in [0.5, 0.6) is 0 Å². The van der Waals surface area contributed by atoms with Gasteiger partial charge >= 0.3 is 0 Å². The molecule has 0 saturated carbocycles. The topological polar surface area (TPSA) is 6.48 Å². The van der Waals surface area contributed by atoms with Gasteiger partial charge in [0.2, 0.25) is 6.71 Å². The number of para-hydroxylation sites is 4. The van der Waals surface area contributed by atoms with Crippen LogP contribution in [0.25, 0.3) is 11.1 Å². The third kappa shape index (κ3) is 5.20. The lowest BCUT2D eigenvalue weighted by Crippen LogP contribution is -2.49. The number of hydrogen-bond acceptors (Lipinski definition) is 2. The van der Waals surface area contributed by atoms with E-state index >= 15 is 0 Å². The van der Waals surface area contributed by atoms with Crippen molar-refractivity contribution in [1.29, 1.82) is 0 Å². The fourth-order valence-electron chi connectivity index (χ4n) is 7.20. The first-order chi connectivity index (χ1) is 23.2. The predicted molar refractivity (Wildman–Crippen MR) is 202 cm³/mol. The van der Waals surface area contributed by atoms with Gasteiger partial charge in [-0.15, -0.1) is 0 Å². The van der Waals surface area contributed by atoms with Crippen molar-refractivity contribution in [3.8, 4) is 11.1 Å². The van der Waals surface area contributed by atoms with Crippen molar-refractivity contribution in [2.24, 2.45) is 0 Å². The highest BCUT2D eigenvalue weighted by atomic mass is 15.1. The van der Waals surface area contributed by atoms with Crippen molar-refractivity contribution in [3.63, 3.8) is 0 Å². The highest BCUT2D eigenvalue weighted by molar-refractivity contribution is 6.99. The molecule has 0 unspecified atom stereocenters.